The van der Waals surface area contributed by atoms with Gasteiger partial charge in [0.15, 0.2) is 5.69 Å². The number of fused-ring (bicyclic) bond motifs is 1. The monoisotopic (exact) mass is 359 g/mol. The van der Waals surface area contributed by atoms with Gasteiger partial charge in [0.05, 0.1) is 16.8 Å². The second-order valence-electron chi connectivity index (χ2n) is 4.54. The number of aromatic carboxylic acids is 1. The summed E-state index contributed by atoms with van der Waals surface area (Å²) in [5, 5.41) is 27.6. The van der Waals surface area contributed by atoms with E-state index in [0.717, 1.165) is 15.4 Å². The molecular formula is C15H10BrN3O3. The van der Waals surface area contributed by atoms with E-state index in [1.54, 1.807) is 12.1 Å². The Balaban J connectivity index is 1.97. The molecule has 0 fully saturated rings. The van der Waals surface area contributed by atoms with Crippen LogP contribution in [0.3, 0.4) is 0 Å². The van der Waals surface area contributed by atoms with Crippen molar-refractivity contribution in [3.05, 3.63) is 52.5 Å². The number of rotatable bonds is 3. The van der Waals surface area contributed by atoms with Gasteiger partial charge in [-0.05, 0) is 46.3 Å². The van der Waals surface area contributed by atoms with Gasteiger partial charge in [0.2, 0.25) is 5.88 Å². The van der Waals surface area contributed by atoms with Crippen molar-refractivity contribution in [2.75, 3.05) is 0 Å². The lowest BCUT2D eigenvalue weighted by Gasteiger charge is -1.95. The first-order valence-electron chi connectivity index (χ1n) is 6.30. The van der Waals surface area contributed by atoms with E-state index >= 15 is 0 Å². The molecule has 0 radical (unpaired) electrons. The van der Waals surface area contributed by atoms with Crippen molar-refractivity contribution in [2.45, 2.75) is 0 Å². The first-order valence-corrected chi connectivity index (χ1v) is 7.10. The number of aromatic amines is 1. The standard InChI is InChI=1S/C15H10BrN3O3/c16-11-3-1-2-10-12(11)17-14(20)13(10)19-18-9-6-4-8(5-7-9)15(21)22/h1-7,17,20H,(H,21,22). The van der Waals surface area contributed by atoms with Gasteiger partial charge in [-0.3, -0.25) is 0 Å². The number of benzene rings is 2. The fourth-order valence-corrected chi connectivity index (χ4v) is 2.50. The summed E-state index contributed by atoms with van der Waals surface area (Å²) in [6.07, 6.45) is 0. The van der Waals surface area contributed by atoms with Gasteiger partial charge >= 0.3 is 5.97 Å². The zero-order chi connectivity index (χ0) is 15.7. The van der Waals surface area contributed by atoms with E-state index in [1.165, 1.54) is 12.1 Å². The van der Waals surface area contributed by atoms with Crippen LogP contribution >= 0.6 is 15.9 Å². The zero-order valence-corrected chi connectivity index (χ0v) is 12.7. The van der Waals surface area contributed by atoms with Crippen LogP contribution in [0.15, 0.2) is 57.2 Å². The number of carboxylic acids is 1. The molecule has 3 rings (SSSR count). The molecule has 0 aliphatic rings. The Morgan fingerprint density at radius 1 is 1.09 bits per heavy atom. The molecule has 0 spiro atoms. The molecule has 3 aromatic rings. The van der Waals surface area contributed by atoms with E-state index < -0.39 is 5.97 Å². The second-order valence-corrected chi connectivity index (χ2v) is 5.39. The predicted octanol–water partition coefficient (Wildman–Crippen LogP) is 4.75. The minimum atomic E-state index is -0.998. The van der Waals surface area contributed by atoms with Crippen LogP contribution in [0.5, 0.6) is 5.88 Å². The van der Waals surface area contributed by atoms with Crippen LogP contribution in [0, 0.1) is 0 Å². The average Bonchev–Trinajstić information content (AvgIpc) is 2.83. The number of nitrogens with one attached hydrogen (secondary N) is 1. The predicted molar refractivity (Wildman–Crippen MR) is 85.2 cm³/mol. The van der Waals surface area contributed by atoms with Crippen LogP contribution in [0.4, 0.5) is 11.4 Å². The van der Waals surface area contributed by atoms with E-state index in [-0.39, 0.29) is 11.4 Å². The SMILES string of the molecule is O=C(O)c1ccc(N=Nc2c(O)[nH]c3c(Br)cccc23)cc1. The maximum absolute atomic E-state index is 10.8. The minimum Gasteiger partial charge on any atom is -0.493 e. The van der Waals surface area contributed by atoms with Crippen LogP contribution < -0.4 is 0 Å². The molecule has 0 aliphatic carbocycles. The Hall–Kier alpha value is -2.67. The molecule has 22 heavy (non-hydrogen) atoms. The molecule has 0 amide bonds. The largest absolute Gasteiger partial charge is 0.493 e. The first-order chi connectivity index (χ1) is 10.6. The van der Waals surface area contributed by atoms with Gasteiger partial charge in [-0.15, -0.1) is 5.11 Å². The van der Waals surface area contributed by atoms with E-state index in [4.69, 9.17) is 5.11 Å². The summed E-state index contributed by atoms with van der Waals surface area (Å²) in [6.45, 7) is 0. The molecule has 0 aliphatic heterocycles. The highest BCUT2D eigenvalue weighted by Gasteiger charge is 2.12. The maximum Gasteiger partial charge on any atom is 0.335 e. The van der Waals surface area contributed by atoms with Crippen molar-refractivity contribution >= 4 is 44.2 Å². The highest BCUT2D eigenvalue weighted by atomic mass is 79.9. The highest BCUT2D eigenvalue weighted by molar-refractivity contribution is 9.10. The van der Waals surface area contributed by atoms with Crippen molar-refractivity contribution in [1.82, 2.24) is 4.98 Å². The summed E-state index contributed by atoms with van der Waals surface area (Å²) in [5.74, 6) is -1.07. The summed E-state index contributed by atoms with van der Waals surface area (Å²) in [5.41, 5.74) is 1.74. The maximum atomic E-state index is 10.8. The number of aromatic nitrogens is 1. The van der Waals surface area contributed by atoms with Crippen molar-refractivity contribution in [2.24, 2.45) is 10.2 Å². The molecule has 0 atom stereocenters. The summed E-state index contributed by atoms with van der Waals surface area (Å²) in [7, 11) is 0. The molecule has 0 saturated heterocycles. The topological polar surface area (TPSA) is 98.0 Å². The van der Waals surface area contributed by atoms with E-state index in [2.05, 4.69) is 31.1 Å². The number of nitrogens with zero attached hydrogens (tertiary/aromatic N) is 2. The lowest BCUT2D eigenvalue weighted by atomic mass is 10.2. The van der Waals surface area contributed by atoms with E-state index in [1.807, 2.05) is 18.2 Å². The zero-order valence-electron chi connectivity index (χ0n) is 11.1. The lowest BCUT2D eigenvalue weighted by molar-refractivity contribution is 0.0697. The molecule has 2 aromatic carbocycles. The first kappa shape index (κ1) is 14.3. The number of carbonyl (C=O) groups is 1. The molecule has 1 aromatic heterocycles. The van der Waals surface area contributed by atoms with Gasteiger partial charge in [0.25, 0.3) is 0 Å². The summed E-state index contributed by atoms with van der Waals surface area (Å²) >= 11 is 3.39. The van der Waals surface area contributed by atoms with Crippen LogP contribution in [0.25, 0.3) is 10.9 Å². The molecular weight excluding hydrogens is 350 g/mol. The number of azo groups is 1. The second kappa shape index (κ2) is 5.61. The van der Waals surface area contributed by atoms with E-state index in [9.17, 15) is 9.90 Å². The molecule has 7 heteroatoms. The number of para-hydroxylation sites is 1. The average molecular weight is 360 g/mol. The molecule has 1 heterocycles. The Labute approximate surface area is 133 Å². The molecule has 110 valence electrons. The summed E-state index contributed by atoms with van der Waals surface area (Å²) in [6, 6.07) is 11.5. The van der Waals surface area contributed by atoms with Gasteiger partial charge in [-0.25, -0.2) is 4.79 Å². The van der Waals surface area contributed by atoms with E-state index in [0.29, 0.717) is 11.4 Å². The van der Waals surface area contributed by atoms with Gasteiger partial charge in [0, 0.05) is 9.86 Å². The van der Waals surface area contributed by atoms with Crippen LogP contribution in [0.2, 0.25) is 0 Å². The van der Waals surface area contributed by atoms with Crippen LogP contribution in [-0.4, -0.2) is 21.2 Å². The summed E-state index contributed by atoms with van der Waals surface area (Å²) in [4.78, 5) is 13.6. The Kier molecular flexibility index (Phi) is 3.64. The number of halogens is 1. The molecule has 3 N–H and O–H groups in total. The van der Waals surface area contributed by atoms with Gasteiger partial charge < -0.3 is 15.2 Å². The third-order valence-corrected chi connectivity index (χ3v) is 3.78. The third kappa shape index (κ3) is 2.58. The Bertz CT molecular complexity index is 885. The molecule has 0 saturated carbocycles. The fourth-order valence-electron chi connectivity index (χ4n) is 2.03. The number of carboxylic acid groups (broad SMARTS) is 1. The van der Waals surface area contributed by atoms with Gasteiger partial charge in [-0.1, -0.05) is 12.1 Å². The van der Waals surface area contributed by atoms with Crippen molar-refractivity contribution in [1.29, 1.82) is 0 Å². The Morgan fingerprint density at radius 2 is 1.82 bits per heavy atom. The normalized spacial score (nSPS) is 11.3. The number of H-pyrrole nitrogens is 1. The van der Waals surface area contributed by atoms with Crippen LogP contribution in [-0.2, 0) is 0 Å². The molecule has 0 bridgehead atoms. The number of hydrogen-bond donors (Lipinski definition) is 3. The van der Waals surface area contributed by atoms with Crippen LogP contribution in [0.1, 0.15) is 10.4 Å². The fraction of sp³-hybridized carbons (Fsp3) is 0. The number of aromatic hydroxyl groups is 1. The minimum absolute atomic E-state index is 0.0761. The third-order valence-electron chi connectivity index (χ3n) is 3.12. The Morgan fingerprint density at radius 3 is 2.50 bits per heavy atom. The van der Waals surface area contributed by atoms with Gasteiger partial charge in [0.1, 0.15) is 0 Å². The molecule has 6 nitrogen and oxygen atoms in total. The van der Waals surface area contributed by atoms with Gasteiger partial charge in [-0.2, -0.15) is 5.11 Å². The van der Waals surface area contributed by atoms with Crippen molar-refractivity contribution in [3.63, 3.8) is 0 Å². The lowest BCUT2D eigenvalue weighted by Crippen LogP contribution is -1.93. The smallest absolute Gasteiger partial charge is 0.335 e. The molecule has 0 unspecified atom stereocenters. The van der Waals surface area contributed by atoms with Crippen molar-refractivity contribution < 1.29 is 15.0 Å². The quantitative estimate of drug-likeness (QED) is 0.588. The van der Waals surface area contributed by atoms with Crippen molar-refractivity contribution in [3.8, 4) is 5.88 Å². The number of hydrogen-bond acceptors (Lipinski definition) is 4. The highest BCUT2D eigenvalue weighted by Crippen LogP contribution is 2.38. The summed E-state index contributed by atoms with van der Waals surface area (Å²) < 4.78 is 0.813.